The van der Waals surface area contributed by atoms with Crippen molar-refractivity contribution in [1.29, 1.82) is 0 Å². The Morgan fingerprint density at radius 3 is 2.68 bits per heavy atom. The lowest BCUT2D eigenvalue weighted by molar-refractivity contribution is -0.153. The summed E-state index contributed by atoms with van der Waals surface area (Å²) in [6, 6.07) is -0.296. The molecule has 1 aliphatic rings. The highest BCUT2D eigenvalue weighted by Crippen LogP contribution is 2.55. The van der Waals surface area contributed by atoms with Gasteiger partial charge in [0.25, 0.3) is 11.8 Å². The highest BCUT2D eigenvalue weighted by Gasteiger charge is 2.62. The summed E-state index contributed by atoms with van der Waals surface area (Å²) in [4.78, 5) is 55.9. The van der Waals surface area contributed by atoms with E-state index in [0.29, 0.717) is 9.40 Å². The van der Waals surface area contributed by atoms with Gasteiger partial charge < -0.3 is 31.1 Å². The lowest BCUT2D eigenvalue weighted by Crippen LogP contribution is -2.75. The molecule has 3 heterocycles. The van der Waals surface area contributed by atoms with Crippen LogP contribution in [0.3, 0.4) is 0 Å². The molecule has 2 atom stereocenters. The Morgan fingerprint density at radius 1 is 1.44 bits per heavy atom. The highest BCUT2D eigenvalue weighted by atomic mass is 32.1. The third-order valence-corrected chi connectivity index (χ3v) is 7.28. The van der Waals surface area contributed by atoms with E-state index >= 15 is 0 Å². The van der Waals surface area contributed by atoms with Crippen molar-refractivity contribution in [3.63, 3.8) is 0 Å². The summed E-state index contributed by atoms with van der Waals surface area (Å²) in [5, 5.41) is 26.7. The molecule has 184 valence electrons. The maximum atomic E-state index is 13.0. The fraction of sp³-hybridized carbons (Fsp3) is 0.353. The van der Waals surface area contributed by atoms with Crippen molar-refractivity contribution in [1.82, 2.24) is 19.7 Å². The summed E-state index contributed by atoms with van der Waals surface area (Å²) in [6.07, 6.45) is 0.759. The number of amides is 2. The van der Waals surface area contributed by atoms with Crippen molar-refractivity contribution in [3.05, 3.63) is 39.3 Å². The molecule has 0 radical (unpaired) electrons. The van der Waals surface area contributed by atoms with Gasteiger partial charge in [0, 0.05) is 18.6 Å². The number of nitrogens with one attached hydrogen (secondary N) is 1. The molecule has 2 amide bonds. The number of aromatic nitrogens is 2. The number of oxime groups is 1. The second-order valence-electron chi connectivity index (χ2n) is 7.53. The van der Waals surface area contributed by atoms with Gasteiger partial charge >= 0.3 is 7.75 Å². The minimum absolute atomic E-state index is 0.0123. The highest BCUT2D eigenvalue weighted by molar-refractivity contribution is 7.51. The van der Waals surface area contributed by atoms with E-state index in [4.69, 9.17) is 10.6 Å². The average Bonchev–Trinajstić information content (AvgIpc) is 3.18. The van der Waals surface area contributed by atoms with E-state index in [2.05, 4.69) is 20.0 Å². The quantitative estimate of drug-likeness (QED) is 0.0999. The third-order valence-electron chi connectivity index (χ3n) is 4.91. The minimum atomic E-state index is -4.40. The molecule has 34 heavy (non-hydrogen) atoms. The van der Waals surface area contributed by atoms with E-state index in [9.17, 15) is 34.2 Å². The third kappa shape index (κ3) is 4.61. The molecule has 6 N–H and O–H groups in total. The SMILES string of the molecule is COP(=O)(O)N1C(=O)[C@@H](NC(=O)/C(=N\OCc2cc(=O)c(O)cn2O)c2csc(N)n2)C1(C)C. The maximum absolute atomic E-state index is 13.0. The number of nitrogens with zero attached hydrogens (tertiary/aromatic N) is 4. The fourth-order valence-corrected chi connectivity index (χ4v) is 5.00. The largest absolute Gasteiger partial charge is 0.503 e. The molecule has 1 saturated heterocycles. The van der Waals surface area contributed by atoms with Crippen molar-refractivity contribution in [2.24, 2.45) is 5.16 Å². The molecule has 0 spiro atoms. The summed E-state index contributed by atoms with van der Waals surface area (Å²) < 4.78 is 17.7. The number of rotatable bonds is 8. The Bertz CT molecular complexity index is 1270. The van der Waals surface area contributed by atoms with Gasteiger partial charge in [0.15, 0.2) is 23.2 Å². The molecule has 0 aliphatic carbocycles. The summed E-state index contributed by atoms with van der Waals surface area (Å²) >= 11 is 1.01. The second kappa shape index (κ2) is 9.06. The Morgan fingerprint density at radius 2 is 2.12 bits per heavy atom. The molecule has 2 aromatic heterocycles. The first-order valence-electron chi connectivity index (χ1n) is 9.38. The van der Waals surface area contributed by atoms with Gasteiger partial charge in [0.2, 0.25) is 5.43 Å². The van der Waals surface area contributed by atoms with Gasteiger partial charge in [-0.1, -0.05) is 5.16 Å². The number of anilines is 1. The molecule has 0 bridgehead atoms. The van der Waals surface area contributed by atoms with Crippen LogP contribution in [0.1, 0.15) is 25.2 Å². The first-order valence-corrected chi connectivity index (χ1v) is 11.8. The fourth-order valence-electron chi connectivity index (χ4n) is 3.16. The van der Waals surface area contributed by atoms with Crippen LogP contribution in [-0.4, -0.2) is 65.8 Å². The van der Waals surface area contributed by atoms with Crippen LogP contribution in [0.2, 0.25) is 0 Å². The van der Waals surface area contributed by atoms with Crippen molar-refractivity contribution < 1.29 is 38.7 Å². The van der Waals surface area contributed by atoms with E-state index in [1.54, 1.807) is 0 Å². The van der Waals surface area contributed by atoms with Crippen LogP contribution >= 0.6 is 19.1 Å². The Kier molecular flexibility index (Phi) is 6.71. The number of carbonyl (C=O) groups is 2. The van der Waals surface area contributed by atoms with Crippen LogP contribution in [0.5, 0.6) is 5.75 Å². The number of pyridine rings is 1. The number of β-lactam (4-membered cyclic amide) rings is 1. The lowest BCUT2D eigenvalue weighted by Gasteiger charge is -2.53. The van der Waals surface area contributed by atoms with Crippen molar-refractivity contribution >= 4 is 41.7 Å². The predicted octanol–water partition coefficient (Wildman–Crippen LogP) is -0.397. The second-order valence-corrected chi connectivity index (χ2v) is 10.2. The minimum Gasteiger partial charge on any atom is -0.503 e. The van der Waals surface area contributed by atoms with Crippen LogP contribution < -0.4 is 16.5 Å². The van der Waals surface area contributed by atoms with Crippen LogP contribution in [0, 0.1) is 0 Å². The van der Waals surface area contributed by atoms with E-state index in [0.717, 1.165) is 30.7 Å². The van der Waals surface area contributed by atoms with Gasteiger partial charge in [0.1, 0.15) is 17.4 Å². The summed E-state index contributed by atoms with van der Waals surface area (Å²) in [5.41, 5.74) is 3.11. The molecule has 1 fully saturated rings. The summed E-state index contributed by atoms with van der Waals surface area (Å²) in [5.74, 6) is -2.44. The summed E-state index contributed by atoms with van der Waals surface area (Å²) in [6.45, 7) is 2.44. The Balaban J connectivity index is 1.82. The number of thiazole rings is 1. The predicted molar refractivity (Wildman–Crippen MR) is 117 cm³/mol. The van der Waals surface area contributed by atoms with E-state index in [-0.39, 0.29) is 22.2 Å². The number of hydrogen-bond donors (Lipinski definition) is 5. The van der Waals surface area contributed by atoms with Gasteiger partial charge in [0.05, 0.1) is 11.7 Å². The topological polar surface area (TPSA) is 219 Å². The van der Waals surface area contributed by atoms with E-state index in [1.165, 1.54) is 19.2 Å². The number of nitrogens with two attached hydrogens (primary N) is 1. The lowest BCUT2D eigenvalue weighted by atomic mass is 9.85. The van der Waals surface area contributed by atoms with Gasteiger partial charge in [-0.15, -0.1) is 11.3 Å². The molecular formula is C17H21N6O9PS. The molecule has 0 aromatic carbocycles. The number of aromatic hydroxyl groups is 1. The molecule has 3 rings (SSSR count). The van der Waals surface area contributed by atoms with Gasteiger partial charge in [-0.2, -0.15) is 4.73 Å². The maximum Gasteiger partial charge on any atom is 0.435 e. The zero-order chi connectivity index (χ0) is 25.4. The molecule has 1 aliphatic heterocycles. The van der Waals surface area contributed by atoms with E-state index in [1.807, 2.05) is 0 Å². The number of hydrogen-bond acceptors (Lipinski definition) is 12. The van der Waals surface area contributed by atoms with Crippen LogP contribution in [-0.2, 0) is 30.1 Å². The van der Waals surface area contributed by atoms with Crippen molar-refractivity contribution in [2.75, 3.05) is 12.8 Å². The Labute approximate surface area is 195 Å². The molecule has 15 nitrogen and oxygen atoms in total. The number of nitrogen functional groups attached to an aromatic ring is 1. The molecular weight excluding hydrogens is 495 g/mol. The van der Waals surface area contributed by atoms with Gasteiger partial charge in [-0.05, 0) is 13.8 Å². The zero-order valence-electron chi connectivity index (χ0n) is 18.0. The number of carbonyl (C=O) groups excluding carboxylic acids is 2. The molecule has 2 aromatic rings. The molecule has 0 saturated carbocycles. The Hall–Kier alpha value is -3.46. The first-order chi connectivity index (χ1) is 15.8. The van der Waals surface area contributed by atoms with Crippen LogP contribution in [0.4, 0.5) is 5.13 Å². The average molecular weight is 516 g/mol. The molecule has 1 unspecified atom stereocenters. The van der Waals surface area contributed by atoms with E-state index < -0.39 is 48.9 Å². The van der Waals surface area contributed by atoms with Crippen molar-refractivity contribution in [3.8, 4) is 5.75 Å². The van der Waals surface area contributed by atoms with Crippen LogP contribution in [0.25, 0.3) is 0 Å². The standard InChI is InChI=1S/C17H21N6O9PS/c1-17(2)13(15(27)23(17)33(29,30)31-3)20-14(26)12(9-7-34-16(18)19-9)21-32-6-8-4-10(24)11(25)5-22(8)28/h4-5,7,13,25,28H,6H2,1-3H3,(H2,18,19)(H,20,26)(H,29,30)/b21-12-/t13-/m1/s1. The summed E-state index contributed by atoms with van der Waals surface area (Å²) in [7, 11) is -3.42. The smallest absolute Gasteiger partial charge is 0.435 e. The first kappa shape index (κ1) is 25.2. The normalized spacial score (nSPS) is 19.3. The molecule has 17 heteroatoms. The zero-order valence-corrected chi connectivity index (χ0v) is 19.7. The van der Waals surface area contributed by atoms with Gasteiger partial charge in [-0.25, -0.2) is 14.2 Å². The monoisotopic (exact) mass is 516 g/mol. The van der Waals surface area contributed by atoms with Crippen molar-refractivity contribution in [2.45, 2.75) is 32.0 Å². The van der Waals surface area contributed by atoms with Crippen LogP contribution in [0.15, 0.2) is 27.6 Å². The van der Waals surface area contributed by atoms with Gasteiger partial charge in [-0.3, -0.25) is 18.9 Å².